The normalized spacial score (nSPS) is 11.5. The molecular weight excluding hydrogens is 218 g/mol. The average Bonchev–Trinajstić information content (AvgIpc) is 2.41. The molecule has 0 bridgehead atoms. The SMILES string of the molecule is C=Cc1ccc(CNC(CO)(CO)CO)cc1. The maximum atomic E-state index is 9.14. The van der Waals surface area contributed by atoms with E-state index in [1.165, 1.54) is 0 Å². The fourth-order valence-corrected chi connectivity index (χ4v) is 1.38. The van der Waals surface area contributed by atoms with Crippen LogP contribution in [0.25, 0.3) is 6.08 Å². The average molecular weight is 237 g/mol. The van der Waals surface area contributed by atoms with Crippen molar-refractivity contribution in [2.45, 2.75) is 12.1 Å². The van der Waals surface area contributed by atoms with Crippen molar-refractivity contribution in [2.75, 3.05) is 19.8 Å². The number of nitrogens with one attached hydrogen (secondary N) is 1. The molecule has 0 fully saturated rings. The predicted molar refractivity (Wildman–Crippen MR) is 67.4 cm³/mol. The van der Waals surface area contributed by atoms with Crippen LogP contribution >= 0.6 is 0 Å². The van der Waals surface area contributed by atoms with E-state index in [9.17, 15) is 0 Å². The highest BCUT2D eigenvalue weighted by molar-refractivity contribution is 5.47. The Morgan fingerprint density at radius 2 is 1.59 bits per heavy atom. The van der Waals surface area contributed by atoms with Crippen molar-refractivity contribution in [3.05, 3.63) is 42.0 Å². The number of aliphatic hydroxyl groups excluding tert-OH is 3. The van der Waals surface area contributed by atoms with Crippen LogP contribution in [0.3, 0.4) is 0 Å². The third kappa shape index (κ3) is 3.64. The largest absolute Gasteiger partial charge is 0.394 e. The molecule has 0 saturated carbocycles. The molecule has 1 aromatic rings. The molecule has 1 rings (SSSR count). The molecule has 0 atom stereocenters. The Labute approximate surface area is 101 Å². The van der Waals surface area contributed by atoms with E-state index in [1.54, 1.807) is 6.08 Å². The van der Waals surface area contributed by atoms with Gasteiger partial charge in [0.25, 0.3) is 0 Å². The Kier molecular flexibility index (Phi) is 5.31. The van der Waals surface area contributed by atoms with E-state index in [0.717, 1.165) is 11.1 Å². The molecule has 4 heteroatoms. The van der Waals surface area contributed by atoms with Gasteiger partial charge in [0.1, 0.15) is 0 Å². The molecule has 0 spiro atoms. The molecule has 0 aromatic heterocycles. The Hall–Kier alpha value is -1.20. The van der Waals surface area contributed by atoms with E-state index in [-0.39, 0.29) is 19.8 Å². The van der Waals surface area contributed by atoms with E-state index >= 15 is 0 Å². The van der Waals surface area contributed by atoms with Gasteiger partial charge in [0.05, 0.1) is 25.4 Å². The topological polar surface area (TPSA) is 72.7 Å². The fraction of sp³-hybridized carbons (Fsp3) is 0.385. The summed E-state index contributed by atoms with van der Waals surface area (Å²) in [6.07, 6.45) is 1.76. The molecule has 0 saturated heterocycles. The van der Waals surface area contributed by atoms with Gasteiger partial charge in [-0.2, -0.15) is 0 Å². The van der Waals surface area contributed by atoms with Crippen LogP contribution in [-0.4, -0.2) is 40.7 Å². The van der Waals surface area contributed by atoms with Crippen molar-refractivity contribution >= 4 is 6.08 Å². The summed E-state index contributed by atoms with van der Waals surface area (Å²) < 4.78 is 0. The van der Waals surface area contributed by atoms with E-state index in [1.807, 2.05) is 24.3 Å². The summed E-state index contributed by atoms with van der Waals surface area (Å²) in [5.41, 5.74) is 1.01. The van der Waals surface area contributed by atoms with Crippen LogP contribution < -0.4 is 5.32 Å². The number of hydrogen-bond acceptors (Lipinski definition) is 4. The molecule has 4 N–H and O–H groups in total. The number of aliphatic hydroxyl groups is 3. The maximum Gasteiger partial charge on any atom is 0.0884 e. The number of benzene rings is 1. The van der Waals surface area contributed by atoms with Gasteiger partial charge in [0, 0.05) is 6.54 Å². The van der Waals surface area contributed by atoms with Crippen molar-refractivity contribution in [2.24, 2.45) is 0 Å². The highest BCUT2D eigenvalue weighted by Gasteiger charge is 2.26. The van der Waals surface area contributed by atoms with Gasteiger partial charge in [-0.1, -0.05) is 36.9 Å². The monoisotopic (exact) mass is 237 g/mol. The zero-order chi connectivity index (χ0) is 12.7. The van der Waals surface area contributed by atoms with Crippen LogP contribution in [0.2, 0.25) is 0 Å². The smallest absolute Gasteiger partial charge is 0.0884 e. The standard InChI is InChI=1S/C13H19NO3/c1-2-11-3-5-12(6-4-11)7-14-13(8-15,9-16)10-17/h2-6,14-17H,1,7-10H2. The summed E-state index contributed by atoms with van der Waals surface area (Å²) in [6, 6.07) is 7.73. The molecule has 0 amide bonds. The lowest BCUT2D eigenvalue weighted by Crippen LogP contribution is -2.54. The zero-order valence-corrected chi connectivity index (χ0v) is 9.76. The second kappa shape index (κ2) is 6.51. The van der Waals surface area contributed by atoms with Crippen molar-refractivity contribution in [3.63, 3.8) is 0 Å². The summed E-state index contributed by atoms with van der Waals surface area (Å²) in [4.78, 5) is 0. The number of hydrogen-bond donors (Lipinski definition) is 4. The first-order valence-corrected chi connectivity index (χ1v) is 5.48. The summed E-state index contributed by atoms with van der Waals surface area (Å²) in [7, 11) is 0. The Morgan fingerprint density at radius 3 is 2.00 bits per heavy atom. The van der Waals surface area contributed by atoms with Crippen molar-refractivity contribution in [3.8, 4) is 0 Å². The molecule has 0 aliphatic rings. The van der Waals surface area contributed by atoms with Gasteiger partial charge in [-0.3, -0.25) is 0 Å². The summed E-state index contributed by atoms with van der Waals surface area (Å²) in [5, 5.41) is 30.4. The van der Waals surface area contributed by atoms with Gasteiger partial charge in [0.15, 0.2) is 0 Å². The molecule has 0 heterocycles. The number of rotatable bonds is 7. The van der Waals surface area contributed by atoms with Crippen LogP contribution in [-0.2, 0) is 6.54 Å². The van der Waals surface area contributed by atoms with Gasteiger partial charge >= 0.3 is 0 Å². The molecule has 0 aliphatic carbocycles. The lowest BCUT2D eigenvalue weighted by atomic mass is 10.0. The minimum atomic E-state index is -1.03. The molecule has 17 heavy (non-hydrogen) atoms. The van der Waals surface area contributed by atoms with Gasteiger partial charge in [0.2, 0.25) is 0 Å². The minimum absolute atomic E-state index is 0.315. The van der Waals surface area contributed by atoms with Crippen molar-refractivity contribution in [1.29, 1.82) is 0 Å². The van der Waals surface area contributed by atoms with Crippen LogP contribution in [0.1, 0.15) is 11.1 Å². The second-order valence-corrected chi connectivity index (χ2v) is 4.05. The van der Waals surface area contributed by atoms with E-state index in [4.69, 9.17) is 15.3 Å². The van der Waals surface area contributed by atoms with Crippen LogP contribution in [0.5, 0.6) is 0 Å². The fourth-order valence-electron chi connectivity index (χ4n) is 1.38. The molecule has 94 valence electrons. The second-order valence-electron chi connectivity index (χ2n) is 4.05. The first-order chi connectivity index (χ1) is 8.19. The Balaban J connectivity index is 2.62. The summed E-state index contributed by atoms with van der Waals surface area (Å²) in [5.74, 6) is 0. The van der Waals surface area contributed by atoms with E-state index in [0.29, 0.717) is 6.54 Å². The quantitative estimate of drug-likeness (QED) is 0.544. The minimum Gasteiger partial charge on any atom is -0.394 e. The summed E-state index contributed by atoms with van der Waals surface area (Å²) >= 11 is 0. The molecule has 0 unspecified atom stereocenters. The van der Waals surface area contributed by atoms with Crippen molar-refractivity contribution < 1.29 is 15.3 Å². The third-order valence-electron chi connectivity index (χ3n) is 2.79. The van der Waals surface area contributed by atoms with Gasteiger partial charge < -0.3 is 20.6 Å². The Morgan fingerprint density at radius 1 is 1.06 bits per heavy atom. The lowest BCUT2D eigenvalue weighted by molar-refractivity contribution is 0.0414. The van der Waals surface area contributed by atoms with Crippen LogP contribution in [0, 0.1) is 0 Å². The third-order valence-corrected chi connectivity index (χ3v) is 2.79. The van der Waals surface area contributed by atoms with E-state index < -0.39 is 5.54 Å². The molecule has 0 radical (unpaired) electrons. The molecule has 1 aromatic carbocycles. The lowest BCUT2D eigenvalue weighted by Gasteiger charge is -2.28. The first kappa shape index (κ1) is 13.9. The van der Waals surface area contributed by atoms with Crippen LogP contribution in [0.15, 0.2) is 30.8 Å². The van der Waals surface area contributed by atoms with Crippen molar-refractivity contribution in [1.82, 2.24) is 5.32 Å². The highest BCUT2D eigenvalue weighted by atomic mass is 16.3. The van der Waals surface area contributed by atoms with Crippen LogP contribution in [0.4, 0.5) is 0 Å². The Bertz CT molecular complexity index is 336. The molecular formula is C13H19NO3. The predicted octanol–water partition coefficient (Wildman–Crippen LogP) is 0.135. The molecule has 4 nitrogen and oxygen atoms in total. The zero-order valence-electron chi connectivity index (χ0n) is 9.76. The summed E-state index contributed by atoms with van der Waals surface area (Å²) in [6.45, 7) is 3.20. The van der Waals surface area contributed by atoms with Gasteiger partial charge in [-0.15, -0.1) is 0 Å². The van der Waals surface area contributed by atoms with Gasteiger partial charge in [-0.05, 0) is 11.1 Å². The highest BCUT2D eigenvalue weighted by Crippen LogP contribution is 2.08. The maximum absolute atomic E-state index is 9.14. The van der Waals surface area contributed by atoms with E-state index in [2.05, 4.69) is 11.9 Å². The molecule has 0 aliphatic heterocycles. The van der Waals surface area contributed by atoms with Gasteiger partial charge in [-0.25, -0.2) is 0 Å². The first-order valence-electron chi connectivity index (χ1n) is 5.48.